The minimum atomic E-state index is -0.439. The molecule has 0 unspecified atom stereocenters. The summed E-state index contributed by atoms with van der Waals surface area (Å²) in [5, 5.41) is 0.635. The molecule has 0 aliphatic heterocycles. The normalized spacial score (nSPS) is 10.6. The van der Waals surface area contributed by atoms with Crippen LogP contribution in [0.4, 0.5) is 4.39 Å². The Balaban J connectivity index is 1.93. The molecule has 0 aliphatic carbocycles. The highest BCUT2D eigenvalue weighted by Gasteiger charge is 2.19. The van der Waals surface area contributed by atoms with Crippen molar-refractivity contribution in [1.82, 2.24) is 9.88 Å². The van der Waals surface area contributed by atoms with Crippen LogP contribution in [-0.4, -0.2) is 15.8 Å². The minimum absolute atomic E-state index is 0.258. The number of pyridine rings is 1. The molecule has 0 radical (unpaired) electrons. The van der Waals surface area contributed by atoms with E-state index in [4.69, 9.17) is 11.6 Å². The van der Waals surface area contributed by atoms with Crippen molar-refractivity contribution >= 4 is 17.5 Å². The van der Waals surface area contributed by atoms with Crippen molar-refractivity contribution in [2.24, 2.45) is 0 Å². The van der Waals surface area contributed by atoms with Crippen molar-refractivity contribution in [2.45, 2.75) is 20.0 Å². The Kier molecular flexibility index (Phi) is 5.64. The van der Waals surface area contributed by atoms with Gasteiger partial charge >= 0.3 is 0 Å². The number of hydrogen-bond acceptors (Lipinski definition) is 2. The van der Waals surface area contributed by atoms with Crippen molar-refractivity contribution in [3.63, 3.8) is 0 Å². The summed E-state index contributed by atoms with van der Waals surface area (Å²) >= 11 is 6.41. The molecule has 1 heterocycles. The van der Waals surface area contributed by atoms with Crippen LogP contribution in [0.5, 0.6) is 0 Å². The number of hydrogen-bond donors (Lipinski definition) is 0. The molecule has 2 aromatic carbocycles. The molecule has 26 heavy (non-hydrogen) atoms. The maximum Gasteiger partial charge on any atom is 0.254 e. The van der Waals surface area contributed by atoms with Crippen molar-refractivity contribution < 1.29 is 9.18 Å². The van der Waals surface area contributed by atoms with Crippen LogP contribution in [-0.2, 0) is 13.1 Å². The average molecular weight is 369 g/mol. The van der Waals surface area contributed by atoms with Gasteiger partial charge in [0.15, 0.2) is 0 Å². The average Bonchev–Trinajstić information content (AvgIpc) is 2.65. The number of aryl methyl sites for hydroxylation is 1. The first-order valence-corrected chi connectivity index (χ1v) is 8.60. The van der Waals surface area contributed by atoms with Gasteiger partial charge in [-0.3, -0.25) is 9.78 Å². The third-order valence-electron chi connectivity index (χ3n) is 4.09. The number of nitrogens with zero attached hydrogens (tertiary/aromatic N) is 2. The monoisotopic (exact) mass is 368 g/mol. The lowest BCUT2D eigenvalue weighted by Gasteiger charge is -2.24. The van der Waals surface area contributed by atoms with Crippen molar-refractivity contribution in [1.29, 1.82) is 0 Å². The van der Waals surface area contributed by atoms with Gasteiger partial charge in [0.25, 0.3) is 5.91 Å². The molecule has 0 fully saturated rings. The third kappa shape index (κ3) is 4.27. The van der Waals surface area contributed by atoms with E-state index in [1.165, 1.54) is 18.2 Å². The fourth-order valence-corrected chi connectivity index (χ4v) is 2.94. The maximum atomic E-state index is 13.6. The Labute approximate surface area is 157 Å². The summed E-state index contributed by atoms with van der Waals surface area (Å²) < 4.78 is 13.6. The minimum Gasteiger partial charge on any atom is -0.330 e. The van der Waals surface area contributed by atoms with Crippen LogP contribution in [0, 0.1) is 12.7 Å². The highest BCUT2D eigenvalue weighted by atomic mass is 35.5. The van der Waals surface area contributed by atoms with Crippen LogP contribution in [0.15, 0.2) is 67.0 Å². The zero-order valence-corrected chi connectivity index (χ0v) is 15.1. The van der Waals surface area contributed by atoms with E-state index in [2.05, 4.69) is 4.98 Å². The van der Waals surface area contributed by atoms with Gasteiger partial charge in [0.2, 0.25) is 0 Å². The van der Waals surface area contributed by atoms with Crippen LogP contribution in [0.25, 0.3) is 0 Å². The van der Waals surface area contributed by atoms with Crippen molar-refractivity contribution in [3.8, 4) is 0 Å². The number of rotatable bonds is 5. The summed E-state index contributed by atoms with van der Waals surface area (Å²) in [4.78, 5) is 18.7. The molecule has 0 saturated heterocycles. The van der Waals surface area contributed by atoms with E-state index in [9.17, 15) is 9.18 Å². The first-order valence-electron chi connectivity index (χ1n) is 8.22. The van der Waals surface area contributed by atoms with Gasteiger partial charge in [0.1, 0.15) is 5.82 Å². The molecule has 0 aliphatic rings. The Hall–Kier alpha value is -2.72. The van der Waals surface area contributed by atoms with E-state index < -0.39 is 5.82 Å². The number of carbonyl (C=O) groups excluding carboxylic acids is 1. The third-order valence-corrected chi connectivity index (χ3v) is 4.63. The van der Waals surface area contributed by atoms with Gasteiger partial charge in [-0.2, -0.15) is 0 Å². The SMILES string of the molecule is Cc1cccc(CN(Cc2cccnc2)C(=O)c2cccc(F)c2)c1Cl. The maximum absolute atomic E-state index is 13.6. The highest BCUT2D eigenvalue weighted by Crippen LogP contribution is 2.23. The van der Waals surface area contributed by atoms with E-state index in [0.29, 0.717) is 23.7 Å². The molecule has 0 atom stereocenters. The second-order valence-corrected chi connectivity index (χ2v) is 6.46. The van der Waals surface area contributed by atoms with E-state index in [1.807, 2.05) is 37.3 Å². The number of amides is 1. The van der Waals surface area contributed by atoms with E-state index in [0.717, 1.165) is 16.7 Å². The summed E-state index contributed by atoms with van der Waals surface area (Å²) in [6, 6.07) is 15.2. The molecule has 1 amide bonds. The fourth-order valence-electron chi connectivity index (χ4n) is 2.75. The second-order valence-electron chi connectivity index (χ2n) is 6.08. The van der Waals surface area contributed by atoms with Gasteiger partial charge in [0, 0.05) is 36.1 Å². The van der Waals surface area contributed by atoms with Crippen LogP contribution >= 0.6 is 11.6 Å². The lowest BCUT2D eigenvalue weighted by molar-refractivity contribution is 0.0729. The zero-order valence-electron chi connectivity index (χ0n) is 14.3. The van der Waals surface area contributed by atoms with Crippen LogP contribution < -0.4 is 0 Å². The molecule has 132 valence electrons. The quantitative estimate of drug-likeness (QED) is 0.633. The molecule has 3 nitrogen and oxygen atoms in total. The zero-order chi connectivity index (χ0) is 18.5. The molecular formula is C21H18ClFN2O. The number of carbonyl (C=O) groups is 1. The van der Waals surface area contributed by atoms with Crippen LogP contribution in [0.2, 0.25) is 5.02 Å². The fraction of sp³-hybridized carbons (Fsp3) is 0.143. The molecule has 3 aromatic rings. The van der Waals surface area contributed by atoms with Crippen LogP contribution in [0.1, 0.15) is 27.0 Å². The van der Waals surface area contributed by atoms with Gasteiger partial charge in [-0.25, -0.2) is 4.39 Å². The van der Waals surface area contributed by atoms with E-state index >= 15 is 0 Å². The van der Waals surface area contributed by atoms with Gasteiger partial charge in [-0.1, -0.05) is 41.9 Å². The first kappa shape index (κ1) is 18.1. The van der Waals surface area contributed by atoms with Gasteiger partial charge < -0.3 is 4.90 Å². The first-order chi connectivity index (χ1) is 12.5. The summed E-state index contributed by atoms with van der Waals surface area (Å²) in [6.45, 7) is 2.60. The lowest BCUT2D eigenvalue weighted by Crippen LogP contribution is -2.30. The topological polar surface area (TPSA) is 33.2 Å². The molecule has 0 N–H and O–H groups in total. The summed E-state index contributed by atoms with van der Waals surface area (Å²) in [5.41, 5.74) is 2.99. The second kappa shape index (κ2) is 8.11. The summed E-state index contributed by atoms with van der Waals surface area (Å²) in [6.07, 6.45) is 3.39. The standard InChI is InChI=1S/C21H18ClFN2O/c1-15-5-2-8-18(20(15)22)14-25(13-16-6-4-10-24-12-16)21(26)17-7-3-9-19(23)11-17/h2-12H,13-14H2,1H3. The Morgan fingerprint density at radius 3 is 2.65 bits per heavy atom. The molecule has 0 bridgehead atoms. The Morgan fingerprint density at radius 2 is 1.92 bits per heavy atom. The van der Waals surface area contributed by atoms with E-state index in [-0.39, 0.29) is 5.91 Å². The van der Waals surface area contributed by atoms with Crippen molar-refractivity contribution in [2.75, 3.05) is 0 Å². The molecule has 3 rings (SSSR count). The van der Waals surface area contributed by atoms with Gasteiger partial charge in [-0.15, -0.1) is 0 Å². The molecule has 5 heteroatoms. The molecule has 0 spiro atoms. The van der Waals surface area contributed by atoms with Crippen LogP contribution in [0.3, 0.4) is 0 Å². The summed E-state index contributed by atoms with van der Waals surface area (Å²) in [5.74, 6) is -0.698. The smallest absolute Gasteiger partial charge is 0.254 e. The lowest BCUT2D eigenvalue weighted by atomic mass is 10.1. The number of halogens is 2. The molecular weight excluding hydrogens is 351 g/mol. The summed E-state index contributed by atoms with van der Waals surface area (Å²) in [7, 11) is 0. The Morgan fingerprint density at radius 1 is 1.12 bits per heavy atom. The van der Waals surface area contributed by atoms with Crippen molar-refractivity contribution in [3.05, 3.63) is 100 Å². The van der Waals surface area contributed by atoms with E-state index in [1.54, 1.807) is 23.4 Å². The highest BCUT2D eigenvalue weighted by molar-refractivity contribution is 6.32. The molecule has 0 saturated carbocycles. The Bertz CT molecular complexity index is 915. The van der Waals surface area contributed by atoms with Gasteiger partial charge in [0.05, 0.1) is 0 Å². The predicted octanol–water partition coefficient (Wildman–Crippen LogP) is 5.03. The predicted molar refractivity (Wildman–Crippen MR) is 100 cm³/mol. The molecule has 1 aromatic heterocycles. The largest absolute Gasteiger partial charge is 0.330 e. The van der Waals surface area contributed by atoms with Gasteiger partial charge in [-0.05, 0) is 47.9 Å². The number of aromatic nitrogens is 1. The number of benzene rings is 2.